The maximum absolute atomic E-state index is 13.2. The Morgan fingerprint density at radius 3 is 2.30 bits per heavy atom. The lowest BCUT2D eigenvalue weighted by atomic mass is 9.86. The van der Waals surface area contributed by atoms with Crippen molar-refractivity contribution in [2.24, 2.45) is 0 Å². The van der Waals surface area contributed by atoms with Crippen LogP contribution in [0.25, 0.3) is 10.8 Å². The fraction of sp³-hybridized carbons (Fsp3) is 0.345. The minimum atomic E-state index is -0.950. The van der Waals surface area contributed by atoms with Crippen molar-refractivity contribution in [2.45, 2.75) is 36.1 Å². The third-order valence-corrected chi connectivity index (χ3v) is 7.50. The van der Waals surface area contributed by atoms with E-state index in [1.54, 1.807) is 11.8 Å². The van der Waals surface area contributed by atoms with Crippen LogP contribution in [0.4, 0.5) is 0 Å². The molecule has 0 aliphatic carbocycles. The predicted molar refractivity (Wildman–Crippen MR) is 149 cm³/mol. The molecule has 7 nitrogen and oxygen atoms in total. The van der Waals surface area contributed by atoms with Gasteiger partial charge < -0.3 is 21.3 Å². The van der Waals surface area contributed by atoms with Crippen LogP contribution >= 0.6 is 11.8 Å². The molecule has 0 bridgehead atoms. The molecular formula is C29H34N4O3S. The summed E-state index contributed by atoms with van der Waals surface area (Å²) >= 11 is 1.65. The standard InChI is InChI=1S/C29H34N4O3S/c1-37-24-11-9-21(10-12-24)19-27(35)33-29(13-15-30-16-14-29)28(36)32-18-17-31-26(34)20-23-7-4-6-22-5-2-3-8-25(22)23/h2-12,30H,13-20H2,1H3,(H,31,34)(H,32,36)(H,33,35). The summed E-state index contributed by atoms with van der Waals surface area (Å²) in [4.78, 5) is 39.7. The molecule has 4 N–H and O–H groups in total. The summed E-state index contributed by atoms with van der Waals surface area (Å²) in [7, 11) is 0. The molecule has 0 radical (unpaired) electrons. The Bertz CT molecular complexity index is 1230. The van der Waals surface area contributed by atoms with Crippen molar-refractivity contribution in [3.63, 3.8) is 0 Å². The summed E-state index contributed by atoms with van der Waals surface area (Å²) in [5.41, 5.74) is 0.932. The highest BCUT2D eigenvalue weighted by Crippen LogP contribution is 2.21. The van der Waals surface area contributed by atoms with Crippen LogP contribution in [-0.4, -0.2) is 55.7 Å². The fourth-order valence-electron chi connectivity index (χ4n) is 4.73. The van der Waals surface area contributed by atoms with Gasteiger partial charge in [0.15, 0.2) is 0 Å². The van der Waals surface area contributed by atoms with E-state index in [2.05, 4.69) is 21.3 Å². The minimum Gasteiger partial charge on any atom is -0.354 e. The maximum Gasteiger partial charge on any atom is 0.245 e. The lowest BCUT2D eigenvalue weighted by molar-refractivity contribution is -0.134. The van der Waals surface area contributed by atoms with Gasteiger partial charge >= 0.3 is 0 Å². The topological polar surface area (TPSA) is 99.3 Å². The summed E-state index contributed by atoms with van der Waals surface area (Å²) in [6.45, 7) is 1.91. The number of amides is 3. The average Bonchev–Trinajstić information content (AvgIpc) is 2.92. The first kappa shape index (κ1) is 26.7. The molecule has 1 aliphatic heterocycles. The molecule has 1 fully saturated rings. The monoisotopic (exact) mass is 518 g/mol. The van der Waals surface area contributed by atoms with Gasteiger partial charge in [0.25, 0.3) is 0 Å². The molecule has 0 spiro atoms. The van der Waals surface area contributed by atoms with Gasteiger partial charge in [0.1, 0.15) is 5.54 Å². The first-order valence-electron chi connectivity index (χ1n) is 12.7. The number of fused-ring (bicyclic) bond motifs is 1. The maximum atomic E-state index is 13.2. The third-order valence-electron chi connectivity index (χ3n) is 6.76. The second-order valence-electron chi connectivity index (χ2n) is 9.33. The molecule has 0 unspecified atom stereocenters. The van der Waals surface area contributed by atoms with Gasteiger partial charge in [-0.15, -0.1) is 11.8 Å². The predicted octanol–water partition coefficient (Wildman–Crippen LogP) is 2.82. The molecule has 194 valence electrons. The van der Waals surface area contributed by atoms with Crippen molar-refractivity contribution in [1.82, 2.24) is 21.3 Å². The van der Waals surface area contributed by atoms with E-state index in [1.807, 2.05) is 73.0 Å². The van der Waals surface area contributed by atoms with Crippen LogP contribution in [0.5, 0.6) is 0 Å². The number of benzene rings is 3. The largest absolute Gasteiger partial charge is 0.354 e. The average molecular weight is 519 g/mol. The van der Waals surface area contributed by atoms with Crippen LogP contribution in [0.3, 0.4) is 0 Å². The van der Waals surface area contributed by atoms with Crippen molar-refractivity contribution in [2.75, 3.05) is 32.4 Å². The molecule has 1 aliphatic rings. The normalized spacial score (nSPS) is 14.6. The SMILES string of the molecule is CSc1ccc(CC(=O)NC2(C(=O)NCCNC(=O)Cc3cccc4ccccc34)CCNCC2)cc1. The van der Waals surface area contributed by atoms with Crippen LogP contribution in [0.1, 0.15) is 24.0 Å². The van der Waals surface area contributed by atoms with Gasteiger partial charge in [-0.2, -0.15) is 0 Å². The zero-order valence-electron chi connectivity index (χ0n) is 21.1. The second kappa shape index (κ2) is 12.7. The minimum absolute atomic E-state index is 0.0945. The van der Waals surface area contributed by atoms with Crippen molar-refractivity contribution < 1.29 is 14.4 Å². The molecule has 4 rings (SSSR count). The Morgan fingerprint density at radius 1 is 0.838 bits per heavy atom. The molecule has 0 atom stereocenters. The van der Waals surface area contributed by atoms with Crippen molar-refractivity contribution >= 4 is 40.3 Å². The highest BCUT2D eigenvalue weighted by atomic mass is 32.2. The Labute approximate surface area is 222 Å². The fourth-order valence-corrected chi connectivity index (χ4v) is 5.14. The number of rotatable bonds is 10. The summed E-state index contributed by atoms with van der Waals surface area (Å²) in [5, 5.41) is 14.3. The van der Waals surface area contributed by atoms with E-state index in [0.29, 0.717) is 39.0 Å². The van der Waals surface area contributed by atoms with E-state index in [0.717, 1.165) is 26.8 Å². The Hall–Kier alpha value is -3.36. The molecule has 8 heteroatoms. The first-order chi connectivity index (χ1) is 18.0. The summed E-state index contributed by atoms with van der Waals surface area (Å²) < 4.78 is 0. The number of carbonyl (C=O) groups excluding carboxylic acids is 3. The number of hydrogen-bond donors (Lipinski definition) is 4. The van der Waals surface area contributed by atoms with Crippen molar-refractivity contribution in [1.29, 1.82) is 0 Å². The van der Waals surface area contributed by atoms with E-state index < -0.39 is 5.54 Å². The molecule has 1 heterocycles. The molecule has 3 aromatic rings. The molecule has 1 saturated heterocycles. The van der Waals surface area contributed by atoms with Crippen molar-refractivity contribution in [3.8, 4) is 0 Å². The van der Waals surface area contributed by atoms with E-state index in [9.17, 15) is 14.4 Å². The zero-order valence-corrected chi connectivity index (χ0v) is 22.0. The highest BCUT2D eigenvalue weighted by molar-refractivity contribution is 7.98. The van der Waals surface area contributed by atoms with Gasteiger partial charge in [0.05, 0.1) is 12.8 Å². The molecule has 3 aromatic carbocycles. The van der Waals surface area contributed by atoms with E-state index in [1.165, 1.54) is 0 Å². The zero-order chi connectivity index (χ0) is 26.1. The molecule has 0 saturated carbocycles. The lowest BCUT2D eigenvalue weighted by Gasteiger charge is -2.37. The number of nitrogens with one attached hydrogen (secondary N) is 4. The van der Waals surface area contributed by atoms with Gasteiger partial charge in [-0.3, -0.25) is 14.4 Å². The number of thioether (sulfide) groups is 1. The van der Waals surface area contributed by atoms with Gasteiger partial charge in [-0.1, -0.05) is 54.6 Å². The number of hydrogen-bond acceptors (Lipinski definition) is 5. The highest BCUT2D eigenvalue weighted by Gasteiger charge is 2.40. The first-order valence-corrected chi connectivity index (χ1v) is 13.9. The molecular weight excluding hydrogens is 484 g/mol. The Morgan fingerprint density at radius 2 is 1.54 bits per heavy atom. The Balaban J connectivity index is 1.27. The van der Waals surface area contributed by atoms with E-state index in [-0.39, 0.29) is 30.6 Å². The van der Waals surface area contributed by atoms with Crippen LogP contribution in [0, 0.1) is 0 Å². The van der Waals surface area contributed by atoms with Crippen LogP contribution < -0.4 is 21.3 Å². The van der Waals surface area contributed by atoms with Crippen molar-refractivity contribution in [3.05, 3.63) is 77.9 Å². The summed E-state index contributed by atoms with van der Waals surface area (Å²) in [6, 6.07) is 21.8. The smallest absolute Gasteiger partial charge is 0.245 e. The molecule has 37 heavy (non-hydrogen) atoms. The van der Waals surface area contributed by atoms with Gasteiger partial charge in [-0.25, -0.2) is 0 Å². The third kappa shape index (κ3) is 7.11. The number of carbonyl (C=O) groups is 3. The molecule has 0 aromatic heterocycles. The summed E-state index contributed by atoms with van der Waals surface area (Å²) in [5.74, 6) is -0.469. The van der Waals surface area contributed by atoms with E-state index in [4.69, 9.17) is 0 Å². The number of piperidine rings is 1. The van der Waals surface area contributed by atoms with Gasteiger partial charge in [-0.05, 0) is 66.2 Å². The quantitative estimate of drug-likeness (QED) is 0.244. The Kier molecular flexibility index (Phi) is 9.19. The van der Waals surface area contributed by atoms with Gasteiger partial charge in [0.2, 0.25) is 17.7 Å². The van der Waals surface area contributed by atoms with Crippen LogP contribution in [-0.2, 0) is 27.2 Å². The van der Waals surface area contributed by atoms with E-state index >= 15 is 0 Å². The molecule has 3 amide bonds. The van der Waals surface area contributed by atoms with Gasteiger partial charge in [0, 0.05) is 18.0 Å². The second-order valence-corrected chi connectivity index (χ2v) is 10.2. The van der Waals surface area contributed by atoms with Crippen LogP contribution in [0.2, 0.25) is 0 Å². The summed E-state index contributed by atoms with van der Waals surface area (Å²) in [6.07, 6.45) is 3.55. The lowest BCUT2D eigenvalue weighted by Crippen LogP contribution is -2.63. The van der Waals surface area contributed by atoms with Crippen LogP contribution in [0.15, 0.2) is 71.6 Å².